The number of hydrogen-bond donors (Lipinski definition) is 1. The molecule has 0 aliphatic heterocycles. The summed E-state index contributed by atoms with van der Waals surface area (Å²) in [5, 5.41) is 3.15. The molecule has 0 saturated heterocycles. The molecule has 0 spiro atoms. The maximum Gasteiger partial charge on any atom is 0.223 e. The van der Waals surface area contributed by atoms with Crippen LogP contribution < -0.4 is 10.1 Å². The molecule has 3 atom stereocenters. The lowest BCUT2D eigenvalue weighted by molar-refractivity contribution is -0.129. The number of hydrogen-bond acceptors (Lipinski definition) is 2. The van der Waals surface area contributed by atoms with Crippen molar-refractivity contribution in [3.05, 3.63) is 29.8 Å². The number of rotatable bonds is 6. The molecule has 1 fully saturated rings. The number of amides is 1. The monoisotopic (exact) mass is 331 g/mol. The van der Waals surface area contributed by atoms with Gasteiger partial charge in [0, 0.05) is 12.5 Å². The zero-order valence-electron chi connectivity index (χ0n) is 15.8. The fourth-order valence-corrected chi connectivity index (χ4v) is 3.78. The second-order valence-electron chi connectivity index (χ2n) is 7.96. The molecule has 134 valence electrons. The Kier molecular flexibility index (Phi) is 6.70. The number of ether oxygens (including phenoxy) is 1. The van der Waals surface area contributed by atoms with Gasteiger partial charge in [-0.2, -0.15) is 0 Å². The average molecular weight is 332 g/mol. The Labute approximate surface area is 147 Å². The van der Waals surface area contributed by atoms with Crippen LogP contribution in [-0.4, -0.2) is 12.0 Å². The highest BCUT2D eigenvalue weighted by Gasteiger charge is 2.35. The lowest BCUT2D eigenvalue weighted by atomic mass is 9.70. The Morgan fingerprint density at radius 1 is 1.17 bits per heavy atom. The molecule has 1 amide bonds. The zero-order valence-corrected chi connectivity index (χ0v) is 15.8. The van der Waals surface area contributed by atoms with Crippen LogP contribution in [0.15, 0.2) is 24.3 Å². The SMILES string of the molecule is CC(C)Oc1ccc(CNC(=O)[C@@H]2C[C@H](C)CC[C@H]2C(C)C)cc1. The molecule has 24 heavy (non-hydrogen) atoms. The predicted molar refractivity (Wildman–Crippen MR) is 98.9 cm³/mol. The van der Waals surface area contributed by atoms with E-state index < -0.39 is 0 Å². The average Bonchev–Trinajstić information content (AvgIpc) is 2.53. The summed E-state index contributed by atoms with van der Waals surface area (Å²) in [6.45, 7) is 11.4. The fourth-order valence-electron chi connectivity index (χ4n) is 3.78. The molecule has 1 aliphatic carbocycles. The second kappa shape index (κ2) is 8.55. The van der Waals surface area contributed by atoms with E-state index in [0.29, 0.717) is 24.3 Å². The summed E-state index contributed by atoms with van der Waals surface area (Å²) in [5.41, 5.74) is 1.12. The molecular formula is C21H33NO2. The number of nitrogens with one attached hydrogen (secondary N) is 1. The van der Waals surface area contributed by atoms with Gasteiger partial charge in [-0.15, -0.1) is 0 Å². The van der Waals surface area contributed by atoms with Gasteiger partial charge in [-0.3, -0.25) is 4.79 Å². The van der Waals surface area contributed by atoms with Crippen molar-refractivity contribution in [2.24, 2.45) is 23.7 Å². The second-order valence-corrected chi connectivity index (χ2v) is 7.96. The minimum atomic E-state index is 0.164. The Bertz CT molecular complexity index is 521. The van der Waals surface area contributed by atoms with Gasteiger partial charge in [-0.25, -0.2) is 0 Å². The molecule has 1 aromatic rings. The molecule has 1 N–H and O–H groups in total. The van der Waals surface area contributed by atoms with Crippen LogP contribution in [0.4, 0.5) is 0 Å². The molecule has 1 aromatic carbocycles. The van der Waals surface area contributed by atoms with Crippen LogP contribution in [0.25, 0.3) is 0 Å². The molecule has 0 radical (unpaired) electrons. The van der Waals surface area contributed by atoms with Crippen LogP contribution in [0, 0.1) is 23.7 Å². The summed E-state index contributed by atoms with van der Waals surface area (Å²) in [7, 11) is 0. The third-order valence-corrected chi connectivity index (χ3v) is 5.12. The molecule has 0 bridgehead atoms. The van der Waals surface area contributed by atoms with E-state index in [4.69, 9.17) is 4.74 Å². The first-order chi connectivity index (χ1) is 11.4. The number of benzene rings is 1. The predicted octanol–water partition coefficient (Wildman–Crippen LogP) is 4.80. The van der Waals surface area contributed by atoms with Gasteiger partial charge < -0.3 is 10.1 Å². The Morgan fingerprint density at radius 2 is 1.83 bits per heavy atom. The lowest BCUT2D eigenvalue weighted by Gasteiger charge is -2.36. The highest BCUT2D eigenvalue weighted by atomic mass is 16.5. The van der Waals surface area contributed by atoms with Crippen LogP contribution in [0.5, 0.6) is 5.75 Å². The van der Waals surface area contributed by atoms with E-state index in [-0.39, 0.29) is 17.9 Å². The van der Waals surface area contributed by atoms with E-state index in [1.165, 1.54) is 12.8 Å². The summed E-state index contributed by atoms with van der Waals surface area (Å²) in [5.74, 6) is 3.01. The quantitative estimate of drug-likeness (QED) is 0.813. The highest BCUT2D eigenvalue weighted by Crippen LogP contribution is 2.38. The molecule has 3 heteroatoms. The molecule has 1 aliphatic rings. The molecule has 0 aromatic heterocycles. The fraction of sp³-hybridized carbons (Fsp3) is 0.667. The van der Waals surface area contributed by atoms with E-state index in [1.807, 2.05) is 38.1 Å². The van der Waals surface area contributed by atoms with Gasteiger partial charge in [-0.1, -0.05) is 39.3 Å². The first-order valence-corrected chi connectivity index (χ1v) is 9.40. The van der Waals surface area contributed by atoms with Crippen LogP contribution in [0.2, 0.25) is 0 Å². The molecule has 2 rings (SSSR count). The molecular weight excluding hydrogens is 298 g/mol. The normalized spacial score (nSPS) is 24.2. The van der Waals surface area contributed by atoms with E-state index >= 15 is 0 Å². The van der Waals surface area contributed by atoms with E-state index in [2.05, 4.69) is 26.1 Å². The van der Waals surface area contributed by atoms with Crippen molar-refractivity contribution in [2.75, 3.05) is 0 Å². The van der Waals surface area contributed by atoms with Crippen LogP contribution in [0.3, 0.4) is 0 Å². The van der Waals surface area contributed by atoms with Gasteiger partial charge in [0.25, 0.3) is 0 Å². The number of carbonyl (C=O) groups is 1. The van der Waals surface area contributed by atoms with Gasteiger partial charge in [0.1, 0.15) is 5.75 Å². The van der Waals surface area contributed by atoms with Crippen molar-refractivity contribution in [3.8, 4) is 5.75 Å². The van der Waals surface area contributed by atoms with E-state index in [9.17, 15) is 4.79 Å². The maximum absolute atomic E-state index is 12.7. The minimum absolute atomic E-state index is 0.164. The lowest BCUT2D eigenvalue weighted by Crippen LogP contribution is -2.39. The topological polar surface area (TPSA) is 38.3 Å². The first kappa shape index (κ1) is 18.8. The molecule has 1 saturated carbocycles. The van der Waals surface area contributed by atoms with Gasteiger partial charge in [0.15, 0.2) is 0 Å². The Morgan fingerprint density at radius 3 is 2.42 bits per heavy atom. The van der Waals surface area contributed by atoms with Gasteiger partial charge >= 0.3 is 0 Å². The summed E-state index contributed by atoms with van der Waals surface area (Å²) in [6, 6.07) is 8.00. The summed E-state index contributed by atoms with van der Waals surface area (Å²) in [6.07, 6.45) is 3.63. The molecule has 0 heterocycles. The minimum Gasteiger partial charge on any atom is -0.491 e. The smallest absolute Gasteiger partial charge is 0.223 e. The van der Waals surface area contributed by atoms with Gasteiger partial charge in [0.05, 0.1) is 6.10 Å². The third-order valence-electron chi connectivity index (χ3n) is 5.12. The maximum atomic E-state index is 12.7. The van der Waals surface area contributed by atoms with Crippen LogP contribution in [-0.2, 0) is 11.3 Å². The van der Waals surface area contributed by atoms with Crippen molar-refractivity contribution in [1.29, 1.82) is 0 Å². The Hall–Kier alpha value is -1.51. The first-order valence-electron chi connectivity index (χ1n) is 9.40. The van der Waals surface area contributed by atoms with Gasteiger partial charge in [-0.05, 0) is 62.1 Å². The van der Waals surface area contributed by atoms with Crippen LogP contribution >= 0.6 is 0 Å². The van der Waals surface area contributed by atoms with Crippen molar-refractivity contribution >= 4 is 5.91 Å². The van der Waals surface area contributed by atoms with Gasteiger partial charge in [0.2, 0.25) is 5.91 Å². The third kappa shape index (κ3) is 5.25. The van der Waals surface area contributed by atoms with Crippen molar-refractivity contribution < 1.29 is 9.53 Å². The number of carbonyl (C=O) groups excluding carboxylic acids is 1. The van der Waals surface area contributed by atoms with Crippen molar-refractivity contribution in [1.82, 2.24) is 5.32 Å². The van der Waals surface area contributed by atoms with E-state index in [0.717, 1.165) is 17.7 Å². The standard InChI is InChI=1S/C21H33NO2/c1-14(2)19-11-6-16(5)12-20(19)21(23)22-13-17-7-9-18(10-8-17)24-15(3)4/h7-10,14-16,19-20H,6,11-13H2,1-5H3,(H,22,23)/t16-,19+,20-/m1/s1. The Balaban J connectivity index is 1.91. The summed E-state index contributed by atoms with van der Waals surface area (Å²) in [4.78, 5) is 12.7. The van der Waals surface area contributed by atoms with Crippen LogP contribution in [0.1, 0.15) is 59.4 Å². The summed E-state index contributed by atoms with van der Waals surface area (Å²) < 4.78 is 5.65. The van der Waals surface area contributed by atoms with Crippen molar-refractivity contribution in [3.63, 3.8) is 0 Å². The molecule has 0 unspecified atom stereocenters. The molecule has 3 nitrogen and oxygen atoms in total. The zero-order chi connectivity index (χ0) is 17.7. The highest BCUT2D eigenvalue weighted by molar-refractivity contribution is 5.79. The van der Waals surface area contributed by atoms with E-state index in [1.54, 1.807) is 0 Å². The largest absolute Gasteiger partial charge is 0.491 e. The summed E-state index contributed by atoms with van der Waals surface area (Å²) >= 11 is 0. The van der Waals surface area contributed by atoms with Crippen molar-refractivity contribution in [2.45, 2.75) is 66.5 Å².